The molecule has 20 heavy (non-hydrogen) atoms. The van der Waals surface area contributed by atoms with Gasteiger partial charge in [-0.25, -0.2) is 0 Å². The van der Waals surface area contributed by atoms with Crippen LogP contribution in [0.4, 0.5) is 0 Å². The maximum Gasteiger partial charge on any atom is 0.163 e. The molecular formula is C16H23NO3. The first-order valence-corrected chi connectivity index (χ1v) is 7.01. The van der Waals surface area contributed by atoms with Gasteiger partial charge in [-0.2, -0.15) is 0 Å². The molecule has 0 saturated carbocycles. The van der Waals surface area contributed by atoms with Crippen molar-refractivity contribution < 1.29 is 14.5 Å². The van der Waals surface area contributed by atoms with Gasteiger partial charge in [0.1, 0.15) is 18.7 Å². The molecule has 0 radical (unpaired) electrons. The van der Waals surface area contributed by atoms with Crippen molar-refractivity contribution in [3.63, 3.8) is 0 Å². The maximum absolute atomic E-state index is 12.5. The fourth-order valence-electron chi connectivity index (χ4n) is 2.51. The lowest BCUT2D eigenvalue weighted by Crippen LogP contribution is -3.11. The zero-order chi connectivity index (χ0) is 14.6. The summed E-state index contributed by atoms with van der Waals surface area (Å²) in [5.41, 5.74) is 1.03. The maximum atomic E-state index is 12.5. The van der Waals surface area contributed by atoms with Crippen LogP contribution in [0.25, 0.3) is 0 Å². The predicted molar refractivity (Wildman–Crippen MR) is 78.0 cm³/mol. The quantitative estimate of drug-likeness (QED) is 0.635. The second-order valence-corrected chi connectivity index (χ2v) is 5.63. The van der Waals surface area contributed by atoms with Crippen LogP contribution in [-0.2, 0) is 16.0 Å². The fourth-order valence-corrected chi connectivity index (χ4v) is 2.51. The lowest BCUT2D eigenvalue weighted by Gasteiger charge is -2.34. The van der Waals surface area contributed by atoms with E-state index >= 15 is 0 Å². The number of ether oxygens (including phenoxy) is 2. The number of hydrogen-bond donors (Lipinski definition) is 1. The van der Waals surface area contributed by atoms with Gasteiger partial charge in [0.15, 0.2) is 5.79 Å². The highest BCUT2D eigenvalue weighted by Gasteiger charge is 2.39. The molecule has 1 aromatic carbocycles. The molecule has 1 saturated heterocycles. The van der Waals surface area contributed by atoms with Crippen LogP contribution < -0.4 is 5.06 Å². The summed E-state index contributed by atoms with van der Waals surface area (Å²) in [7, 11) is 0. The van der Waals surface area contributed by atoms with Crippen molar-refractivity contribution >= 4 is 0 Å². The molecule has 1 fully saturated rings. The molecular weight excluding hydrogens is 254 g/mol. The van der Waals surface area contributed by atoms with E-state index in [0.29, 0.717) is 19.6 Å². The van der Waals surface area contributed by atoms with E-state index in [-0.39, 0.29) is 17.2 Å². The molecule has 1 aromatic rings. The molecule has 110 valence electrons. The summed E-state index contributed by atoms with van der Waals surface area (Å²) < 4.78 is 11.4. The molecule has 0 spiro atoms. The lowest BCUT2D eigenvalue weighted by atomic mass is 10.1. The summed E-state index contributed by atoms with van der Waals surface area (Å²) in [6.45, 7) is 8.39. The van der Waals surface area contributed by atoms with Gasteiger partial charge in [-0.3, -0.25) is 0 Å². The van der Waals surface area contributed by atoms with Crippen LogP contribution in [0, 0.1) is 5.21 Å². The SMILES string of the molecule is C=CC[C@H]([C@H]1COC(C)(C)O1)[NH+]([O-])Cc1ccccc1. The number of rotatable bonds is 6. The number of quaternary nitrogens is 1. The number of benzene rings is 1. The monoisotopic (exact) mass is 277 g/mol. The zero-order valence-corrected chi connectivity index (χ0v) is 12.2. The van der Waals surface area contributed by atoms with Gasteiger partial charge in [0.05, 0.1) is 6.61 Å². The minimum atomic E-state index is -0.600. The molecule has 0 aliphatic carbocycles. The summed E-state index contributed by atoms with van der Waals surface area (Å²) in [4.78, 5) is 0. The summed E-state index contributed by atoms with van der Waals surface area (Å²) in [6, 6.07) is 9.60. The zero-order valence-electron chi connectivity index (χ0n) is 12.2. The molecule has 1 N–H and O–H groups in total. The average Bonchev–Trinajstić information content (AvgIpc) is 2.77. The van der Waals surface area contributed by atoms with Crippen LogP contribution in [0.1, 0.15) is 25.8 Å². The molecule has 1 heterocycles. The van der Waals surface area contributed by atoms with E-state index in [2.05, 4.69) is 6.58 Å². The van der Waals surface area contributed by atoms with E-state index < -0.39 is 5.79 Å². The Labute approximate surface area is 120 Å². The van der Waals surface area contributed by atoms with Crippen LogP contribution in [0.2, 0.25) is 0 Å². The molecule has 0 amide bonds. The molecule has 4 heteroatoms. The fraction of sp³-hybridized carbons (Fsp3) is 0.500. The van der Waals surface area contributed by atoms with E-state index in [0.717, 1.165) is 5.56 Å². The summed E-state index contributed by atoms with van der Waals surface area (Å²) in [5, 5.41) is 12.7. The first-order chi connectivity index (χ1) is 9.52. The largest absolute Gasteiger partial charge is 0.634 e. The van der Waals surface area contributed by atoms with E-state index in [4.69, 9.17) is 9.47 Å². The highest BCUT2D eigenvalue weighted by atomic mass is 16.7. The third-order valence-corrected chi connectivity index (χ3v) is 3.53. The standard InChI is InChI=1S/C16H23NO3/c1-4-8-14(15-12-19-16(2,3)20-15)17(18)11-13-9-6-5-7-10-13/h4-7,9-10,14-15,17H,1,8,11-12H2,2-3H3/t14-,15-/m1/s1. The van der Waals surface area contributed by atoms with Crippen LogP contribution in [0.3, 0.4) is 0 Å². The van der Waals surface area contributed by atoms with Crippen molar-refractivity contribution in [2.45, 2.75) is 44.7 Å². The average molecular weight is 277 g/mol. The Morgan fingerprint density at radius 1 is 1.45 bits per heavy atom. The van der Waals surface area contributed by atoms with Crippen LogP contribution >= 0.6 is 0 Å². The van der Waals surface area contributed by atoms with Crippen molar-refractivity contribution in [1.82, 2.24) is 0 Å². The number of hydroxylamine groups is 2. The topological polar surface area (TPSA) is 46.0 Å². The minimum Gasteiger partial charge on any atom is -0.634 e. The van der Waals surface area contributed by atoms with Gasteiger partial charge in [-0.1, -0.05) is 36.4 Å². The van der Waals surface area contributed by atoms with E-state index in [9.17, 15) is 5.21 Å². The van der Waals surface area contributed by atoms with Crippen molar-refractivity contribution in [2.75, 3.05) is 6.61 Å². The summed E-state index contributed by atoms with van der Waals surface area (Å²) in [6.07, 6.45) is 2.22. The van der Waals surface area contributed by atoms with Gasteiger partial charge in [-0.15, -0.1) is 6.58 Å². The Morgan fingerprint density at radius 3 is 2.70 bits per heavy atom. The van der Waals surface area contributed by atoms with Gasteiger partial charge in [0.2, 0.25) is 0 Å². The van der Waals surface area contributed by atoms with Crippen LogP contribution in [0.5, 0.6) is 0 Å². The van der Waals surface area contributed by atoms with Gasteiger partial charge in [0.25, 0.3) is 0 Å². The van der Waals surface area contributed by atoms with E-state index in [1.165, 1.54) is 0 Å². The third kappa shape index (κ3) is 3.90. The van der Waals surface area contributed by atoms with E-state index in [1.54, 1.807) is 6.08 Å². The molecule has 2 rings (SSSR count). The highest BCUT2D eigenvalue weighted by molar-refractivity contribution is 5.13. The van der Waals surface area contributed by atoms with Crippen LogP contribution in [0.15, 0.2) is 43.0 Å². The van der Waals surface area contributed by atoms with Crippen molar-refractivity contribution in [1.29, 1.82) is 0 Å². The van der Waals surface area contributed by atoms with Gasteiger partial charge < -0.3 is 19.7 Å². The minimum absolute atomic E-state index is 0.181. The first-order valence-electron chi connectivity index (χ1n) is 7.01. The smallest absolute Gasteiger partial charge is 0.163 e. The Kier molecular flexibility index (Phi) is 4.94. The van der Waals surface area contributed by atoms with Crippen molar-refractivity contribution in [3.05, 3.63) is 53.8 Å². The Balaban J connectivity index is 2.02. The van der Waals surface area contributed by atoms with E-state index in [1.807, 2.05) is 44.2 Å². The normalized spacial score (nSPS) is 24.2. The molecule has 3 atom stereocenters. The lowest BCUT2D eigenvalue weighted by molar-refractivity contribution is -0.893. The van der Waals surface area contributed by atoms with Gasteiger partial charge >= 0.3 is 0 Å². The van der Waals surface area contributed by atoms with Crippen LogP contribution in [-0.4, -0.2) is 24.5 Å². The third-order valence-electron chi connectivity index (χ3n) is 3.53. The predicted octanol–water partition coefficient (Wildman–Crippen LogP) is 1.67. The highest BCUT2D eigenvalue weighted by Crippen LogP contribution is 2.24. The molecule has 1 aliphatic heterocycles. The Morgan fingerprint density at radius 2 is 2.15 bits per heavy atom. The summed E-state index contributed by atoms with van der Waals surface area (Å²) in [5.74, 6) is -0.600. The number of nitrogens with one attached hydrogen (secondary N) is 1. The van der Waals surface area contributed by atoms with Gasteiger partial charge in [-0.05, 0) is 13.8 Å². The molecule has 1 unspecified atom stereocenters. The Hall–Kier alpha value is -1.20. The molecule has 0 aromatic heterocycles. The molecule has 0 bridgehead atoms. The Bertz CT molecular complexity index is 433. The van der Waals surface area contributed by atoms with Gasteiger partial charge in [0, 0.05) is 12.0 Å². The van der Waals surface area contributed by atoms with Crippen molar-refractivity contribution in [2.24, 2.45) is 0 Å². The number of hydrogen-bond acceptors (Lipinski definition) is 3. The molecule has 4 nitrogen and oxygen atoms in total. The molecule has 1 aliphatic rings. The second kappa shape index (κ2) is 6.50. The second-order valence-electron chi connectivity index (χ2n) is 5.63. The first kappa shape index (κ1) is 15.2. The van der Waals surface area contributed by atoms with Crippen molar-refractivity contribution in [3.8, 4) is 0 Å². The summed E-state index contributed by atoms with van der Waals surface area (Å²) >= 11 is 0.